The molecule has 0 radical (unpaired) electrons. The molecule has 4 N–H and O–H groups in total. The average Bonchev–Trinajstić information content (AvgIpc) is 3.41. The van der Waals surface area contributed by atoms with Gasteiger partial charge in [0.1, 0.15) is 17.7 Å². The summed E-state index contributed by atoms with van der Waals surface area (Å²) in [5, 5.41) is 12.0. The van der Waals surface area contributed by atoms with E-state index in [0.29, 0.717) is 30.8 Å². The first kappa shape index (κ1) is 39.8. The number of carbonyl (C=O) groups is 3. The molecule has 0 fully saturated rings. The molecule has 1 aromatic heterocycles. The number of carbonyl (C=O) groups excluding carboxylic acids is 2. The Morgan fingerprint density at radius 3 is 2.41 bits per heavy atom. The van der Waals surface area contributed by atoms with Crippen molar-refractivity contribution in [1.82, 2.24) is 14.8 Å². The lowest BCUT2D eigenvalue weighted by Crippen LogP contribution is -2.44. The topological polar surface area (TPSA) is 127 Å². The average molecular weight is 717 g/mol. The predicted octanol–water partition coefficient (Wildman–Crippen LogP) is 7.00. The number of aromatic nitrogens is 1. The quantitative estimate of drug-likeness (QED) is 0.102. The van der Waals surface area contributed by atoms with E-state index in [1.807, 2.05) is 55.7 Å². The molecule has 0 aliphatic heterocycles. The number of ether oxygens (including phenoxy) is 1. The number of nitrogens with two attached hydrogens (primary N) is 1. The third kappa shape index (κ3) is 12.6. The molecule has 2 atom stereocenters. The van der Waals surface area contributed by atoms with Crippen LogP contribution in [0.5, 0.6) is 0 Å². The summed E-state index contributed by atoms with van der Waals surface area (Å²) in [5.41, 5.74) is 7.42. The molecule has 0 saturated carbocycles. The van der Waals surface area contributed by atoms with E-state index in [1.165, 1.54) is 0 Å². The summed E-state index contributed by atoms with van der Waals surface area (Å²) in [5.74, 6) is -2.51. The van der Waals surface area contributed by atoms with Gasteiger partial charge in [-0.3, -0.25) is 9.59 Å². The molecule has 0 aliphatic carbocycles. The number of hydrogen-bond donors (Lipinski definition) is 3. The second kappa shape index (κ2) is 17.8. The van der Waals surface area contributed by atoms with Crippen molar-refractivity contribution in [3.05, 3.63) is 83.7 Å². The Labute approximate surface area is 293 Å². The van der Waals surface area contributed by atoms with Crippen molar-refractivity contribution >= 4 is 37.8 Å². The Hall–Kier alpha value is -3.68. The Morgan fingerprint density at radius 2 is 1.78 bits per heavy atom. The number of alkyl carbamates (subject to hydrolysis) is 1. The van der Waals surface area contributed by atoms with Crippen molar-refractivity contribution in [2.24, 2.45) is 11.1 Å². The minimum absolute atomic E-state index is 0.0233. The van der Waals surface area contributed by atoms with Gasteiger partial charge in [-0.2, -0.15) is 0 Å². The van der Waals surface area contributed by atoms with Crippen LogP contribution >= 0.6 is 11.8 Å². The highest BCUT2D eigenvalue weighted by molar-refractivity contribution is 8.00. The van der Waals surface area contributed by atoms with Crippen LogP contribution in [0.2, 0.25) is 25.7 Å². The molecule has 9 nitrogen and oxygen atoms in total. The van der Waals surface area contributed by atoms with Crippen molar-refractivity contribution in [3.63, 3.8) is 0 Å². The van der Waals surface area contributed by atoms with Crippen LogP contribution < -0.4 is 11.1 Å². The maximum atomic E-state index is 15.1. The summed E-state index contributed by atoms with van der Waals surface area (Å²) in [4.78, 5) is 39.5. The van der Waals surface area contributed by atoms with E-state index >= 15 is 4.39 Å². The SMILES string of the molecule is CC(C)(C)[C@H](c1cc(-c2cc(F)ccc2F)cn1Cc1ccccc1)N(CCCNC(=O)OCC[Si](C)(C)C)C(=O)CSC[C@H](N)C(=O)O. The monoisotopic (exact) mass is 716 g/mol. The number of thioether (sulfide) groups is 1. The molecule has 268 valence electrons. The summed E-state index contributed by atoms with van der Waals surface area (Å²) < 4.78 is 36.7. The summed E-state index contributed by atoms with van der Waals surface area (Å²) in [6.07, 6.45) is 1.67. The van der Waals surface area contributed by atoms with Gasteiger partial charge in [0.05, 0.1) is 18.4 Å². The van der Waals surface area contributed by atoms with Crippen LogP contribution in [0.15, 0.2) is 60.8 Å². The van der Waals surface area contributed by atoms with Gasteiger partial charge in [0, 0.05) is 56.5 Å². The lowest BCUT2D eigenvalue weighted by Gasteiger charge is -2.41. The largest absolute Gasteiger partial charge is 0.480 e. The van der Waals surface area contributed by atoms with Crippen molar-refractivity contribution in [1.29, 1.82) is 0 Å². The molecule has 2 aromatic carbocycles. The highest BCUT2D eigenvalue weighted by Gasteiger charge is 2.37. The number of carboxylic acids is 1. The third-order valence-corrected chi connectivity index (χ3v) is 10.6. The van der Waals surface area contributed by atoms with Crippen LogP contribution in [0.4, 0.5) is 13.6 Å². The zero-order chi connectivity index (χ0) is 36.4. The Balaban J connectivity index is 1.99. The number of benzene rings is 2. The van der Waals surface area contributed by atoms with Gasteiger partial charge in [-0.25, -0.2) is 13.6 Å². The Morgan fingerprint density at radius 1 is 1.08 bits per heavy atom. The van der Waals surface area contributed by atoms with E-state index in [4.69, 9.17) is 10.5 Å². The highest BCUT2D eigenvalue weighted by Crippen LogP contribution is 2.41. The zero-order valence-electron chi connectivity index (χ0n) is 29.3. The van der Waals surface area contributed by atoms with Crippen LogP contribution in [-0.2, 0) is 20.9 Å². The summed E-state index contributed by atoms with van der Waals surface area (Å²) in [7, 11) is -1.37. The van der Waals surface area contributed by atoms with Gasteiger partial charge in [-0.05, 0) is 47.7 Å². The van der Waals surface area contributed by atoms with Crippen LogP contribution in [0.3, 0.4) is 0 Å². The van der Waals surface area contributed by atoms with Gasteiger partial charge < -0.3 is 30.4 Å². The molecule has 0 aliphatic rings. The van der Waals surface area contributed by atoms with Crippen LogP contribution in [-0.4, -0.2) is 77.9 Å². The van der Waals surface area contributed by atoms with E-state index in [2.05, 4.69) is 25.0 Å². The summed E-state index contributed by atoms with van der Waals surface area (Å²) >= 11 is 1.14. The van der Waals surface area contributed by atoms with Gasteiger partial charge in [-0.15, -0.1) is 11.8 Å². The maximum absolute atomic E-state index is 15.1. The van der Waals surface area contributed by atoms with Gasteiger partial charge in [0.25, 0.3) is 0 Å². The second-order valence-electron chi connectivity index (χ2n) is 14.4. The predicted molar refractivity (Wildman–Crippen MR) is 194 cm³/mol. The van der Waals surface area contributed by atoms with Crippen molar-refractivity contribution in [2.75, 3.05) is 31.2 Å². The smallest absolute Gasteiger partial charge is 0.407 e. The number of nitrogens with one attached hydrogen (secondary N) is 1. The second-order valence-corrected chi connectivity index (χ2v) is 21.1. The van der Waals surface area contributed by atoms with E-state index < -0.39 is 49.3 Å². The highest BCUT2D eigenvalue weighted by atomic mass is 32.2. The van der Waals surface area contributed by atoms with Gasteiger partial charge in [0.15, 0.2) is 0 Å². The summed E-state index contributed by atoms with van der Waals surface area (Å²) in [6, 6.07) is 14.0. The van der Waals surface area contributed by atoms with E-state index in [1.54, 1.807) is 17.2 Å². The van der Waals surface area contributed by atoms with Crippen LogP contribution in [0, 0.1) is 17.0 Å². The number of hydrogen-bond acceptors (Lipinski definition) is 6. The van der Waals surface area contributed by atoms with Crippen molar-refractivity contribution in [3.8, 4) is 11.1 Å². The third-order valence-electron chi connectivity index (χ3n) is 7.87. The van der Waals surface area contributed by atoms with Gasteiger partial charge in [0.2, 0.25) is 5.91 Å². The lowest BCUT2D eigenvalue weighted by molar-refractivity contribution is -0.138. The minimum atomic E-state index is -1.37. The fourth-order valence-corrected chi connectivity index (χ4v) is 6.95. The molecular weight excluding hydrogens is 667 g/mol. The summed E-state index contributed by atoms with van der Waals surface area (Å²) in [6.45, 7) is 13.9. The molecule has 0 spiro atoms. The first-order valence-electron chi connectivity index (χ1n) is 16.4. The normalized spacial score (nSPS) is 13.1. The van der Waals surface area contributed by atoms with Crippen LogP contribution in [0.25, 0.3) is 11.1 Å². The number of carboxylic acid groups (broad SMARTS) is 1. The fourth-order valence-electron chi connectivity index (χ4n) is 5.38. The van der Waals surface area contributed by atoms with E-state index in [0.717, 1.165) is 41.6 Å². The zero-order valence-corrected chi connectivity index (χ0v) is 31.1. The van der Waals surface area contributed by atoms with Crippen LogP contribution in [0.1, 0.15) is 44.5 Å². The number of aliphatic carboxylic acids is 1. The first-order valence-corrected chi connectivity index (χ1v) is 21.3. The maximum Gasteiger partial charge on any atom is 0.407 e. The number of amides is 2. The minimum Gasteiger partial charge on any atom is -0.480 e. The molecule has 3 aromatic rings. The van der Waals surface area contributed by atoms with E-state index in [9.17, 15) is 23.9 Å². The Bertz CT molecular complexity index is 1560. The van der Waals surface area contributed by atoms with Gasteiger partial charge in [-0.1, -0.05) is 70.7 Å². The number of rotatable bonds is 17. The molecule has 3 rings (SSSR count). The molecule has 0 saturated heterocycles. The van der Waals surface area contributed by atoms with Crippen molar-refractivity contribution in [2.45, 2.75) is 71.5 Å². The van der Waals surface area contributed by atoms with Crippen molar-refractivity contribution < 1.29 is 33.0 Å². The molecule has 1 heterocycles. The van der Waals surface area contributed by atoms with E-state index in [-0.39, 0.29) is 36.1 Å². The van der Waals surface area contributed by atoms with Gasteiger partial charge >= 0.3 is 12.1 Å². The first-order chi connectivity index (χ1) is 23.0. The molecule has 0 bridgehead atoms. The molecule has 49 heavy (non-hydrogen) atoms. The Kier molecular flexibility index (Phi) is 14.5. The lowest BCUT2D eigenvalue weighted by atomic mass is 9.83. The number of halogens is 2. The molecule has 13 heteroatoms. The molecular formula is C36H50F2N4O5SSi. The molecule has 0 unspecified atom stereocenters. The fraction of sp³-hybridized carbons (Fsp3) is 0.472. The standard InChI is InChI=1S/C36H50F2N4O5SSi/c1-36(2,3)33(31-19-26(28-20-27(37)13-14-29(28)38)22-41(31)21-25-11-8-7-9-12-25)42(32(43)24-48-23-30(39)34(44)45)16-10-15-40-35(46)47-17-18-49(4,5)6/h7-9,11-14,19-20,22,30,33H,10,15-18,21,23-24,39H2,1-6H3,(H,40,46)(H,44,45)/t30-,33-/m0/s1. The molecule has 2 amide bonds. The number of nitrogens with zero attached hydrogens (tertiary/aromatic N) is 2.